The molecule has 0 aromatic rings. The van der Waals surface area contributed by atoms with Gasteiger partial charge in [-0.25, -0.2) is 4.79 Å². The quantitative estimate of drug-likeness (QED) is 0.619. The molecule has 0 aromatic carbocycles. The van der Waals surface area contributed by atoms with Crippen LogP contribution in [0.1, 0.15) is 38.5 Å². The zero-order valence-electron chi connectivity index (χ0n) is 7.20. The number of aliphatic carboxylic acids is 1. The van der Waals surface area contributed by atoms with E-state index in [1.165, 1.54) is 12.8 Å². The van der Waals surface area contributed by atoms with Crippen LogP contribution >= 0.6 is 0 Å². The molecule has 0 bridgehead atoms. The summed E-state index contributed by atoms with van der Waals surface area (Å²) in [6, 6.07) is 0. The van der Waals surface area contributed by atoms with Gasteiger partial charge in [-0.1, -0.05) is 25.7 Å². The number of hydrogen-bond donors (Lipinski definition) is 2. The van der Waals surface area contributed by atoms with Crippen molar-refractivity contribution < 1.29 is 15.0 Å². The minimum absolute atomic E-state index is 0.00926. The van der Waals surface area contributed by atoms with Gasteiger partial charge < -0.3 is 10.2 Å². The second kappa shape index (κ2) is 4.45. The van der Waals surface area contributed by atoms with Crippen molar-refractivity contribution in [1.29, 1.82) is 0 Å². The highest BCUT2D eigenvalue weighted by molar-refractivity contribution is 5.72. The molecular weight excluding hydrogens is 156 g/mol. The Morgan fingerprint density at radius 3 is 2.08 bits per heavy atom. The SMILES string of the molecule is O=C(O)[C@H](O)C1CCCCCC1. The minimum atomic E-state index is -1.14. The van der Waals surface area contributed by atoms with E-state index in [-0.39, 0.29) is 5.92 Å². The Kier molecular flexibility index (Phi) is 3.53. The van der Waals surface area contributed by atoms with Crippen LogP contribution < -0.4 is 0 Å². The van der Waals surface area contributed by atoms with Gasteiger partial charge in [0.1, 0.15) is 0 Å². The fourth-order valence-corrected chi connectivity index (χ4v) is 1.83. The zero-order chi connectivity index (χ0) is 8.97. The highest BCUT2D eigenvalue weighted by Gasteiger charge is 2.25. The number of carboxylic acids is 1. The fraction of sp³-hybridized carbons (Fsp3) is 0.889. The molecule has 70 valence electrons. The number of rotatable bonds is 2. The largest absolute Gasteiger partial charge is 0.479 e. The van der Waals surface area contributed by atoms with Crippen LogP contribution in [0.4, 0.5) is 0 Å². The summed E-state index contributed by atoms with van der Waals surface area (Å²) in [6.45, 7) is 0. The van der Waals surface area contributed by atoms with E-state index in [1.807, 2.05) is 0 Å². The number of carboxylic acid groups (broad SMARTS) is 1. The predicted molar refractivity (Wildman–Crippen MR) is 44.8 cm³/mol. The minimum Gasteiger partial charge on any atom is -0.479 e. The van der Waals surface area contributed by atoms with E-state index >= 15 is 0 Å². The fourth-order valence-electron chi connectivity index (χ4n) is 1.83. The van der Waals surface area contributed by atoms with Crippen molar-refractivity contribution in [3.8, 4) is 0 Å². The smallest absolute Gasteiger partial charge is 0.332 e. The highest BCUT2D eigenvalue weighted by atomic mass is 16.4. The van der Waals surface area contributed by atoms with Crippen molar-refractivity contribution in [3.63, 3.8) is 0 Å². The van der Waals surface area contributed by atoms with Crippen molar-refractivity contribution >= 4 is 5.97 Å². The molecule has 1 fully saturated rings. The van der Waals surface area contributed by atoms with Crippen LogP contribution in [0, 0.1) is 5.92 Å². The Labute approximate surface area is 72.4 Å². The molecule has 2 N–H and O–H groups in total. The van der Waals surface area contributed by atoms with E-state index in [2.05, 4.69) is 0 Å². The van der Waals surface area contributed by atoms with Crippen LogP contribution in [0.5, 0.6) is 0 Å². The first-order valence-corrected chi connectivity index (χ1v) is 4.62. The third kappa shape index (κ3) is 2.48. The topological polar surface area (TPSA) is 57.5 Å². The average molecular weight is 172 g/mol. The summed E-state index contributed by atoms with van der Waals surface area (Å²) in [6.07, 6.45) is 5.10. The van der Waals surface area contributed by atoms with Crippen LogP contribution in [0.15, 0.2) is 0 Å². The van der Waals surface area contributed by atoms with Gasteiger partial charge in [-0.2, -0.15) is 0 Å². The molecular formula is C9H16O3. The molecule has 0 unspecified atom stereocenters. The molecule has 0 heterocycles. The van der Waals surface area contributed by atoms with Crippen molar-refractivity contribution in [2.45, 2.75) is 44.6 Å². The van der Waals surface area contributed by atoms with Gasteiger partial charge in [0, 0.05) is 0 Å². The molecule has 12 heavy (non-hydrogen) atoms. The first-order valence-electron chi connectivity index (χ1n) is 4.62. The summed E-state index contributed by atoms with van der Waals surface area (Å²) in [7, 11) is 0. The van der Waals surface area contributed by atoms with Gasteiger partial charge in [0.05, 0.1) is 0 Å². The van der Waals surface area contributed by atoms with Gasteiger partial charge in [0.15, 0.2) is 6.10 Å². The Morgan fingerprint density at radius 2 is 1.67 bits per heavy atom. The summed E-state index contributed by atoms with van der Waals surface area (Å²) >= 11 is 0. The summed E-state index contributed by atoms with van der Waals surface area (Å²) in [5.41, 5.74) is 0. The summed E-state index contributed by atoms with van der Waals surface area (Å²) < 4.78 is 0. The first kappa shape index (κ1) is 9.52. The number of aliphatic hydroxyl groups excluding tert-OH is 1. The lowest BCUT2D eigenvalue weighted by Gasteiger charge is -2.16. The molecule has 1 atom stereocenters. The molecule has 3 heteroatoms. The molecule has 0 amide bonds. The number of carbonyl (C=O) groups is 1. The van der Waals surface area contributed by atoms with Gasteiger partial charge in [-0.05, 0) is 18.8 Å². The molecule has 0 saturated heterocycles. The van der Waals surface area contributed by atoms with E-state index in [0.717, 1.165) is 25.7 Å². The van der Waals surface area contributed by atoms with Crippen LogP contribution in [-0.4, -0.2) is 22.3 Å². The van der Waals surface area contributed by atoms with Crippen LogP contribution in [0.3, 0.4) is 0 Å². The van der Waals surface area contributed by atoms with Gasteiger partial charge in [0.2, 0.25) is 0 Å². The molecule has 3 nitrogen and oxygen atoms in total. The maximum absolute atomic E-state index is 10.5. The zero-order valence-corrected chi connectivity index (χ0v) is 7.20. The molecule has 0 aromatic heterocycles. The van der Waals surface area contributed by atoms with Crippen molar-refractivity contribution in [2.75, 3.05) is 0 Å². The normalized spacial score (nSPS) is 23.1. The van der Waals surface area contributed by atoms with Gasteiger partial charge in [-0.15, -0.1) is 0 Å². The average Bonchev–Trinajstić information content (AvgIpc) is 2.30. The lowest BCUT2D eigenvalue weighted by atomic mass is 9.94. The molecule has 0 aliphatic heterocycles. The molecule has 1 aliphatic carbocycles. The molecule has 1 aliphatic rings. The summed E-state index contributed by atoms with van der Waals surface area (Å²) in [5, 5.41) is 17.9. The Balaban J connectivity index is 2.42. The molecule has 1 saturated carbocycles. The monoisotopic (exact) mass is 172 g/mol. The molecule has 0 spiro atoms. The van der Waals surface area contributed by atoms with Crippen molar-refractivity contribution in [2.24, 2.45) is 5.92 Å². The number of hydrogen-bond acceptors (Lipinski definition) is 2. The van der Waals surface area contributed by atoms with Gasteiger partial charge in [0.25, 0.3) is 0 Å². The van der Waals surface area contributed by atoms with Gasteiger partial charge in [-0.3, -0.25) is 0 Å². The Bertz CT molecular complexity index is 148. The Hall–Kier alpha value is -0.570. The Morgan fingerprint density at radius 1 is 1.17 bits per heavy atom. The second-order valence-electron chi connectivity index (χ2n) is 3.53. The van der Waals surface area contributed by atoms with Crippen LogP contribution in [-0.2, 0) is 4.79 Å². The maximum atomic E-state index is 10.5. The third-order valence-corrected chi connectivity index (χ3v) is 2.60. The van der Waals surface area contributed by atoms with E-state index in [4.69, 9.17) is 5.11 Å². The van der Waals surface area contributed by atoms with Crippen LogP contribution in [0.2, 0.25) is 0 Å². The summed E-state index contributed by atoms with van der Waals surface area (Å²) in [5.74, 6) is -1.08. The molecule has 0 radical (unpaired) electrons. The van der Waals surface area contributed by atoms with Crippen molar-refractivity contribution in [1.82, 2.24) is 0 Å². The second-order valence-corrected chi connectivity index (χ2v) is 3.53. The maximum Gasteiger partial charge on any atom is 0.332 e. The lowest BCUT2D eigenvalue weighted by molar-refractivity contribution is -0.149. The van der Waals surface area contributed by atoms with Gasteiger partial charge >= 0.3 is 5.97 Å². The van der Waals surface area contributed by atoms with E-state index in [0.29, 0.717) is 0 Å². The van der Waals surface area contributed by atoms with E-state index < -0.39 is 12.1 Å². The first-order chi connectivity index (χ1) is 5.72. The van der Waals surface area contributed by atoms with Crippen molar-refractivity contribution in [3.05, 3.63) is 0 Å². The molecule has 1 rings (SSSR count). The highest BCUT2D eigenvalue weighted by Crippen LogP contribution is 2.25. The standard InChI is InChI=1S/C9H16O3/c10-8(9(11)12)7-5-3-1-2-4-6-7/h7-8,10H,1-6H2,(H,11,12)/t8-/m1/s1. The predicted octanol–water partition coefficient (Wildman–Crippen LogP) is 1.40. The van der Waals surface area contributed by atoms with E-state index in [9.17, 15) is 9.90 Å². The lowest BCUT2D eigenvalue weighted by Crippen LogP contribution is -2.28. The number of aliphatic hydroxyl groups is 1. The van der Waals surface area contributed by atoms with E-state index in [1.54, 1.807) is 0 Å². The third-order valence-electron chi connectivity index (χ3n) is 2.60. The van der Waals surface area contributed by atoms with Crippen LogP contribution in [0.25, 0.3) is 0 Å². The summed E-state index contributed by atoms with van der Waals surface area (Å²) in [4.78, 5) is 10.5.